The normalized spacial score (nSPS) is 12.0. The molecule has 0 bridgehead atoms. The Morgan fingerprint density at radius 1 is 1.04 bits per heavy atom. The predicted octanol–water partition coefficient (Wildman–Crippen LogP) is 2.28. The molecule has 23 heavy (non-hydrogen) atoms. The fraction of sp³-hybridized carbons (Fsp3) is 0.824. The van der Waals surface area contributed by atoms with E-state index in [1.807, 2.05) is 27.7 Å². The highest BCUT2D eigenvalue weighted by atomic mass is 16.4. The van der Waals surface area contributed by atoms with E-state index in [1.54, 1.807) is 4.90 Å². The molecule has 0 aromatic rings. The van der Waals surface area contributed by atoms with Crippen LogP contribution in [0, 0.1) is 11.8 Å². The molecule has 0 aromatic heterocycles. The van der Waals surface area contributed by atoms with Crippen molar-refractivity contribution in [1.29, 1.82) is 0 Å². The minimum Gasteiger partial charge on any atom is -0.481 e. The van der Waals surface area contributed by atoms with Gasteiger partial charge in [0.25, 0.3) is 0 Å². The third-order valence-corrected chi connectivity index (χ3v) is 3.56. The summed E-state index contributed by atoms with van der Waals surface area (Å²) in [6, 6.07) is 0. The summed E-state index contributed by atoms with van der Waals surface area (Å²) < 4.78 is 0. The summed E-state index contributed by atoms with van der Waals surface area (Å²) >= 11 is 0. The van der Waals surface area contributed by atoms with Gasteiger partial charge in [0, 0.05) is 32.5 Å². The van der Waals surface area contributed by atoms with Crippen LogP contribution in [0.25, 0.3) is 0 Å². The summed E-state index contributed by atoms with van der Waals surface area (Å²) in [5.41, 5.74) is 0. The molecule has 1 atom stereocenters. The molecule has 0 aliphatic heterocycles. The standard InChI is InChI=1S/C17H32N2O4/c1-5-9-19(10-6-2)16(21)8-7-15(20)18-12-14(17(22)23)11-13(3)4/h13-14H,5-12H2,1-4H3,(H,18,20)(H,22,23)/t14-/m1/s1. The average molecular weight is 328 g/mol. The highest BCUT2D eigenvalue weighted by Gasteiger charge is 2.20. The first-order valence-corrected chi connectivity index (χ1v) is 8.59. The van der Waals surface area contributed by atoms with Crippen molar-refractivity contribution in [3.8, 4) is 0 Å². The molecule has 0 saturated carbocycles. The van der Waals surface area contributed by atoms with Crippen LogP contribution < -0.4 is 5.32 Å². The predicted molar refractivity (Wildman–Crippen MR) is 90.0 cm³/mol. The molecule has 6 nitrogen and oxygen atoms in total. The molecule has 134 valence electrons. The number of aliphatic carboxylic acids is 1. The highest BCUT2D eigenvalue weighted by molar-refractivity contribution is 5.84. The summed E-state index contributed by atoms with van der Waals surface area (Å²) in [5.74, 6) is -1.49. The Balaban J connectivity index is 4.23. The maximum atomic E-state index is 12.1. The van der Waals surface area contributed by atoms with Gasteiger partial charge in [0.05, 0.1) is 5.92 Å². The topological polar surface area (TPSA) is 86.7 Å². The number of hydrogen-bond acceptors (Lipinski definition) is 3. The van der Waals surface area contributed by atoms with Gasteiger partial charge < -0.3 is 15.3 Å². The van der Waals surface area contributed by atoms with Gasteiger partial charge in [-0.3, -0.25) is 14.4 Å². The van der Waals surface area contributed by atoms with Crippen molar-refractivity contribution in [1.82, 2.24) is 10.2 Å². The fourth-order valence-electron chi connectivity index (χ4n) is 2.45. The maximum absolute atomic E-state index is 12.1. The quantitative estimate of drug-likeness (QED) is 0.575. The van der Waals surface area contributed by atoms with Gasteiger partial charge in [0.2, 0.25) is 11.8 Å². The van der Waals surface area contributed by atoms with Crippen molar-refractivity contribution >= 4 is 17.8 Å². The lowest BCUT2D eigenvalue weighted by atomic mass is 9.97. The van der Waals surface area contributed by atoms with Crippen molar-refractivity contribution in [2.24, 2.45) is 11.8 Å². The molecule has 0 rings (SSSR count). The Hall–Kier alpha value is -1.59. The summed E-state index contributed by atoms with van der Waals surface area (Å²) in [6.45, 7) is 9.48. The van der Waals surface area contributed by atoms with Crippen LogP contribution in [0.15, 0.2) is 0 Å². The number of hydrogen-bond donors (Lipinski definition) is 2. The third-order valence-electron chi connectivity index (χ3n) is 3.56. The number of amides is 2. The number of nitrogens with zero attached hydrogens (tertiary/aromatic N) is 1. The van der Waals surface area contributed by atoms with Crippen molar-refractivity contribution in [2.75, 3.05) is 19.6 Å². The first-order valence-electron chi connectivity index (χ1n) is 8.59. The lowest BCUT2D eigenvalue weighted by molar-refractivity contribution is -0.142. The zero-order valence-electron chi connectivity index (χ0n) is 14.9. The van der Waals surface area contributed by atoms with Gasteiger partial charge in [-0.05, 0) is 25.2 Å². The molecule has 6 heteroatoms. The third kappa shape index (κ3) is 9.92. The number of rotatable bonds is 12. The van der Waals surface area contributed by atoms with Crippen LogP contribution in [0.4, 0.5) is 0 Å². The molecular weight excluding hydrogens is 296 g/mol. The number of nitrogens with one attached hydrogen (secondary N) is 1. The van der Waals surface area contributed by atoms with Gasteiger partial charge in [-0.1, -0.05) is 27.7 Å². The molecule has 2 N–H and O–H groups in total. The zero-order chi connectivity index (χ0) is 17.8. The molecule has 0 fully saturated rings. The molecule has 0 aliphatic carbocycles. The van der Waals surface area contributed by atoms with Crippen molar-refractivity contribution in [2.45, 2.75) is 59.8 Å². The van der Waals surface area contributed by atoms with Crippen LogP contribution in [0.3, 0.4) is 0 Å². The van der Waals surface area contributed by atoms with E-state index in [-0.39, 0.29) is 37.1 Å². The van der Waals surface area contributed by atoms with Gasteiger partial charge >= 0.3 is 5.97 Å². The minimum atomic E-state index is -0.896. The number of carboxylic acids is 1. The summed E-state index contributed by atoms with van der Waals surface area (Å²) in [4.78, 5) is 36.8. The first-order chi connectivity index (χ1) is 10.8. The molecule has 0 unspecified atom stereocenters. The van der Waals surface area contributed by atoms with E-state index < -0.39 is 11.9 Å². The summed E-state index contributed by atoms with van der Waals surface area (Å²) in [7, 11) is 0. The van der Waals surface area contributed by atoms with Crippen LogP contribution in [0.5, 0.6) is 0 Å². The van der Waals surface area contributed by atoms with Crippen molar-refractivity contribution < 1.29 is 19.5 Å². The van der Waals surface area contributed by atoms with Crippen LogP contribution in [-0.4, -0.2) is 47.4 Å². The van der Waals surface area contributed by atoms with Crippen molar-refractivity contribution in [3.05, 3.63) is 0 Å². The monoisotopic (exact) mass is 328 g/mol. The second kappa shape index (κ2) is 11.9. The van der Waals surface area contributed by atoms with E-state index in [4.69, 9.17) is 5.11 Å². The SMILES string of the molecule is CCCN(CCC)C(=O)CCC(=O)NC[C@@H](CC(C)C)C(=O)O. The van der Waals surface area contributed by atoms with Gasteiger partial charge in [-0.25, -0.2) is 0 Å². The Morgan fingerprint density at radius 2 is 1.61 bits per heavy atom. The highest BCUT2D eigenvalue weighted by Crippen LogP contribution is 2.11. The zero-order valence-corrected chi connectivity index (χ0v) is 14.9. The molecule has 2 amide bonds. The van der Waals surface area contributed by atoms with E-state index in [0.717, 1.165) is 12.8 Å². The van der Waals surface area contributed by atoms with Crippen molar-refractivity contribution in [3.63, 3.8) is 0 Å². The summed E-state index contributed by atoms with van der Waals surface area (Å²) in [5, 5.41) is 11.8. The van der Waals surface area contributed by atoms with Gasteiger partial charge in [-0.15, -0.1) is 0 Å². The Kier molecular flexibility index (Phi) is 11.1. The van der Waals surface area contributed by atoms with E-state index >= 15 is 0 Å². The van der Waals surface area contributed by atoms with Gasteiger partial charge in [0.1, 0.15) is 0 Å². The second-order valence-corrected chi connectivity index (χ2v) is 6.35. The molecule has 0 aliphatic rings. The van der Waals surface area contributed by atoms with E-state index in [0.29, 0.717) is 19.5 Å². The van der Waals surface area contributed by atoms with Crippen LogP contribution in [-0.2, 0) is 14.4 Å². The van der Waals surface area contributed by atoms with Gasteiger partial charge in [0.15, 0.2) is 0 Å². The number of carbonyl (C=O) groups is 3. The summed E-state index contributed by atoms with van der Waals surface area (Å²) in [6.07, 6.45) is 2.60. The molecule has 0 aromatic carbocycles. The van der Waals surface area contributed by atoms with Crippen LogP contribution >= 0.6 is 0 Å². The van der Waals surface area contributed by atoms with Crippen LogP contribution in [0.1, 0.15) is 59.8 Å². The van der Waals surface area contributed by atoms with E-state index in [9.17, 15) is 14.4 Å². The number of carboxylic acid groups (broad SMARTS) is 1. The number of carbonyl (C=O) groups excluding carboxylic acids is 2. The largest absolute Gasteiger partial charge is 0.481 e. The smallest absolute Gasteiger partial charge is 0.308 e. The minimum absolute atomic E-state index is 0.0131. The molecular formula is C17H32N2O4. The maximum Gasteiger partial charge on any atom is 0.308 e. The lowest BCUT2D eigenvalue weighted by Gasteiger charge is -2.21. The molecule has 0 heterocycles. The van der Waals surface area contributed by atoms with E-state index in [2.05, 4.69) is 5.32 Å². The molecule has 0 radical (unpaired) electrons. The Bertz CT molecular complexity index is 377. The first kappa shape index (κ1) is 21.4. The molecule has 0 saturated heterocycles. The van der Waals surface area contributed by atoms with E-state index in [1.165, 1.54) is 0 Å². The fourth-order valence-corrected chi connectivity index (χ4v) is 2.45. The lowest BCUT2D eigenvalue weighted by Crippen LogP contribution is -2.36. The Morgan fingerprint density at radius 3 is 2.04 bits per heavy atom. The van der Waals surface area contributed by atoms with Crippen LogP contribution in [0.2, 0.25) is 0 Å². The average Bonchev–Trinajstić information content (AvgIpc) is 2.48. The molecule has 0 spiro atoms. The second-order valence-electron chi connectivity index (χ2n) is 6.35. The Labute approximate surface area is 139 Å². The van der Waals surface area contributed by atoms with Gasteiger partial charge in [-0.2, -0.15) is 0 Å².